The first kappa shape index (κ1) is 24.8. The quantitative estimate of drug-likeness (QED) is 0.307. The molecule has 13 heteroatoms. The van der Waals surface area contributed by atoms with Gasteiger partial charge in [-0.1, -0.05) is 18.3 Å². The number of carbonyl (C=O) groups is 1. The lowest BCUT2D eigenvalue weighted by Crippen LogP contribution is -2.23. The molecule has 2 aromatic rings. The van der Waals surface area contributed by atoms with E-state index >= 15 is 0 Å². The molecule has 3 rings (SSSR count). The van der Waals surface area contributed by atoms with Gasteiger partial charge in [-0.25, -0.2) is 19.2 Å². The number of hydrogen-bond donors (Lipinski definition) is 2. The molecule has 2 aromatic heterocycles. The number of aromatic amines is 1. The Bertz CT molecular complexity index is 1120. The summed E-state index contributed by atoms with van der Waals surface area (Å²) in [6.07, 6.45) is 1.05. The van der Waals surface area contributed by atoms with E-state index in [9.17, 15) is 19.3 Å². The first-order valence-corrected chi connectivity index (χ1v) is 12.5. The molecule has 11 nitrogen and oxygen atoms in total. The lowest BCUT2D eigenvalue weighted by atomic mass is 10.0. The van der Waals surface area contributed by atoms with Crippen LogP contribution in [0, 0.1) is 12.8 Å². The van der Waals surface area contributed by atoms with Gasteiger partial charge in [0.05, 0.1) is 31.7 Å². The minimum Gasteiger partial charge on any atom is -0.392 e. The predicted molar refractivity (Wildman–Crippen MR) is 122 cm³/mol. The maximum atomic E-state index is 13.1. The van der Waals surface area contributed by atoms with Gasteiger partial charge in [-0.2, -0.15) is 0 Å². The number of nitrogens with zero attached hydrogens (tertiary/aromatic N) is 4. The van der Waals surface area contributed by atoms with Crippen molar-refractivity contribution in [3.63, 3.8) is 0 Å². The van der Waals surface area contributed by atoms with Gasteiger partial charge in [-0.05, 0) is 33.0 Å². The van der Waals surface area contributed by atoms with Gasteiger partial charge in [0.1, 0.15) is 5.82 Å². The molecule has 0 aliphatic heterocycles. The highest BCUT2D eigenvalue weighted by atomic mass is 32.2. The number of thioether (sulfide) groups is 1. The number of hydrogen-bond acceptors (Lipinski definition) is 9. The van der Waals surface area contributed by atoms with E-state index in [2.05, 4.69) is 21.5 Å². The smallest absolute Gasteiger partial charge is 0.392 e. The van der Waals surface area contributed by atoms with Gasteiger partial charge in [0.2, 0.25) is 0 Å². The van der Waals surface area contributed by atoms with Crippen LogP contribution < -0.4 is 5.56 Å². The van der Waals surface area contributed by atoms with E-state index in [1.54, 1.807) is 25.6 Å². The Morgan fingerprint density at radius 1 is 1.47 bits per heavy atom. The molecular weight excluding hydrogens is 457 g/mol. The fourth-order valence-electron chi connectivity index (χ4n) is 3.59. The highest BCUT2D eigenvalue weighted by Crippen LogP contribution is 2.52. The SMILES string of the molecule is C=C1[C@H](COP(=O)(OCCSC(C)=O)N(C)C)[C@@H](O)C[C@@H]1n1cnc2c(=O)[nH]c(C)nc21. The van der Waals surface area contributed by atoms with E-state index in [-0.39, 0.29) is 35.4 Å². The Morgan fingerprint density at radius 3 is 2.84 bits per heavy atom. The fraction of sp³-hybridized carbons (Fsp3) is 0.579. The van der Waals surface area contributed by atoms with Crippen molar-refractivity contribution in [2.75, 3.05) is 33.1 Å². The summed E-state index contributed by atoms with van der Waals surface area (Å²) in [7, 11) is -0.461. The average Bonchev–Trinajstić information content (AvgIpc) is 3.24. The summed E-state index contributed by atoms with van der Waals surface area (Å²) in [6.45, 7) is 7.28. The topological polar surface area (TPSA) is 140 Å². The van der Waals surface area contributed by atoms with E-state index in [0.717, 1.165) is 11.8 Å². The highest BCUT2D eigenvalue weighted by molar-refractivity contribution is 8.13. The first-order valence-electron chi connectivity index (χ1n) is 10.0. The minimum atomic E-state index is -3.61. The lowest BCUT2D eigenvalue weighted by molar-refractivity contribution is -0.109. The maximum Gasteiger partial charge on any atom is 0.407 e. The number of rotatable bonds is 9. The Kier molecular flexibility index (Phi) is 7.74. The second kappa shape index (κ2) is 9.98. The Hall–Kier alpha value is -1.82. The van der Waals surface area contributed by atoms with Crippen LogP contribution in [-0.4, -0.2) is 73.6 Å². The molecule has 0 spiro atoms. The minimum absolute atomic E-state index is 0.0516. The molecule has 0 saturated heterocycles. The maximum absolute atomic E-state index is 13.1. The molecular formula is C19H28N5O6PS. The molecule has 1 aliphatic carbocycles. The second-order valence-corrected chi connectivity index (χ2v) is 11.3. The molecule has 2 heterocycles. The summed E-state index contributed by atoms with van der Waals surface area (Å²) in [5.74, 6) is 0.320. The number of imidazole rings is 1. The zero-order valence-corrected chi connectivity index (χ0v) is 20.2. The standard InChI is InChI=1S/C19H28N5O6PS/c1-11-14(9-30-31(28,23(4)5)29-6-7-32-13(3)25)16(26)8-15(11)24-10-20-17-18(24)21-12(2)22-19(17)27/h10,14-16,26H,1,6-9H2,2-5H3,(H,21,22,27)/t14-,15-,16-,31?/m0/s1. The van der Waals surface area contributed by atoms with E-state index in [4.69, 9.17) is 9.05 Å². The third-order valence-corrected chi connectivity index (χ3v) is 8.01. The molecule has 1 saturated carbocycles. The van der Waals surface area contributed by atoms with Crippen LogP contribution in [0.4, 0.5) is 0 Å². The number of aromatic nitrogens is 4. The molecule has 176 valence electrons. The molecule has 1 fully saturated rings. The van der Waals surface area contributed by atoms with E-state index in [0.29, 0.717) is 29.2 Å². The van der Waals surface area contributed by atoms with E-state index in [1.165, 1.54) is 17.9 Å². The molecule has 0 amide bonds. The van der Waals surface area contributed by atoms with E-state index in [1.807, 2.05) is 0 Å². The van der Waals surface area contributed by atoms with Crippen molar-refractivity contribution < 1.29 is 23.5 Å². The average molecular weight is 486 g/mol. The van der Waals surface area contributed by atoms with Gasteiger partial charge >= 0.3 is 7.75 Å². The molecule has 0 bridgehead atoms. The van der Waals surface area contributed by atoms with Crippen LogP contribution in [0.3, 0.4) is 0 Å². The molecule has 1 aliphatic rings. The van der Waals surface area contributed by atoms with Gasteiger partial charge in [0.25, 0.3) is 5.56 Å². The number of aliphatic hydroxyl groups is 1. The summed E-state index contributed by atoms with van der Waals surface area (Å²) in [4.78, 5) is 34.3. The van der Waals surface area contributed by atoms with Crippen molar-refractivity contribution in [2.24, 2.45) is 5.92 Å². The van der Waals surface area contributed by atoms with Crippen molar-refractivity contribution in [2.45, 2.75) is 32.4 Å². The summed E-state index contributed by atoms with van der Waals surface area (Å²) in [6, 6.07) is -0.344. The van der Waals surface area contributed by atoms with Gasteiger partial charge in [-0.15, -0.1) is 0 Å². The zero-order chi connectivity index (χ0) is 23.6. The van der Waals surface area contributed by atoms with Crippen LogP contribution in [0.5, 0.6) is 0 Å². The zero-order valence-electron chi connectivity index (χ0n) is 18.5. The summed E-state index contributed by atoms with van der Waals surface area (Å²) < 4.78 is 27.3. The number of aryl methyl sites for hydroxylation is 1. The monoisotopic (exact) mass is 485 g/mol. The summed E-state index contributed by atoms with van der Waals surface area (Å²) >= 11 is 1.08. The summed E-state index contributed by atoms with van der Waals surface area (Å²) in [5.41, 5.74) is 0.958. The van der Waals surface area contributed by atoms with Crippen LogP contribution in [0.1, 0.15) is 25.2 Å². The van der Waals surface area contributed by atoms with E-state index < -0.39 is 19.8 Å². The van der Waals surface area contributed by atoms with Crippen molar-refractivity contribution >= 4 is 35.8 Å². The predicted octanol–water partition coefficient (Wildman–Crippen LogP) is 1.89. The number of aliphatic hydroxyl groups excluding tert-OH is 1. The van der Waals surface area contributed by atoms with Gasteiger partial charge in [0.15, 0.2) is 16.3 Å². The van der Waals surface area contributed by atoms with Crippen molar-refractivity contribution in [3.8, 4) is 0 Å². The molecule has 0 radical (unpaired) electrons. The molecule has 1 unspecified atom stereocenters. The second-order valence-electron chi connectivity index (χ2n) is 7.76. The lowest BCUT2D eigenvalue weighted by Gasteiger charge is -2.26. The van der Waals surface area contributed by atoms with Crippen LogP contribution in [-0.2, 0) is 18.4 Å². The highest BCUT2D eigenvalue weighted by Gasteiger charge is 2.40. The number of fused-ring (bicyclic) bond motifs is 1. The van der Waals surface area contributed by atoms with Gasteiger partial charge in [-0.3, -0.25) is 18.6 Å². The van der Waals surface area contributed by atoms with Crippen LogP contribution in [0.2, 0.25) is 0 Å². The third kappa shape index (κ3) is 5.22. The molecule has 4 atom stereocenters. The van der Waals surface area contributed by atoms with Crippen molar-refractivity contribution in [1.29, 1.82) is 0 Å². The normalized spacial score (nSPS) is 23.2. The van der Waals surface area contributed by atoms with Crippen LogP contribution in [0.15, 0.2) is 23.3 Å². The molecule has 0 aromatic carbocycles. The Balaban J connectivity index is 1.72. The number of nitrogens with one attached hydrogen (secondary N) is 1. The Morgan fingerprint density at radius 2 is 2.19 bits per heavy atom. The van der Waals surface area contributed by atoms with Crippen LogP contribution in [0.25, 0.3) is 11.2 Å². The molecule has 2 N–H and O–H groups in total. The molecule has 32 heavy (non-hydrogen) atoms. The summed E-state index contributed by atoms with van der Waals surface area (Å²) in [5, 5.41) is 10.6. The Labute approximate surface area is 189 Å². The van der Waals surface area contributed by atoms with Gasteiger partial charge in [0, 0.05) is 18.6 Å². The van der Waals surface area contributed by atoms with Gasteiger partial charge < -0.3 is 14.7 Å². The van der Waals surface area contributed by atoms with Crippen LogP contribution >= 0.6 is 19.5 Å². The number of carbonyl (C=O) groups excluding carboxylic acids is 1. The first-order chi connectivity index (χ1) is 15.0. The third-order valence-electron chi connectivity index (χ3n) is 5.27. The largest absolute Gasteiger partial charge is 0.407 e. The van der Waals surface area contributed by atoms with Crippen molar-refractivity contribution in [3.05, 3.63) is 34.7 Å². The number of H-pyrrole nitrogens is 1. The van der Waals surface area contributed by atoms with Crippen molar-refractivity contribution in [1.82, 2.24) is 24.2 Å². The fourth-order valence-corrected chi connectivity index (χ4v) is 5.38.